The SMILES string of the molecule is C[Si](C)(C)C.C[Si](Cl)(Cl)Cl. The number of halogens is 3. The second-order valence-corrected chi connectivity index (χ2v) is 19.9. The Kier molecular flexibility index (Phi) is 6.99. The van der Waals surface area contributed by atoms with Crippen molar-refractivity contribution in [1.29, 1.82) is 0 Å². The zero-order valence-electron chi connectivity index (χ0n) is 7.13. The largest absolute Gasteiger partial charge is 0.338 e. The van der Waals surface area contributed by atoms with E-state index in [1.165, 1.54) is 0 Å². The van der Waals surface area contributed by atoms with Gasteiger partial charge in [0.2, 0.25) is 0 Å². The van der Waals surface area contributed by atoms with Crippen LogP contribution in [0.1, 0.15) is 0 Å². The molecule has 0 aliphatic heterocycles. The van der Waals surface area contributed by atoms with Crippen molar-refractivity contribution < 1.29 is 0 Å². The fourth-order valence-electron chi connectivity index (χ4n) is 0. The highest BCUT2D eigenvalue weighted by molar-refractivity contribution is 7.64. The highest BCUT2D eigenvalue weighted by atomic mass is 35.8. The van der Waals surface area contributed by atoms with Gasteiger partial charge in [-0.15, -0.1) is 33.2 Å². The Bertz CT molecular complexity index is 57.9. The Labute approximate surface area is 80.0 Å². The van der Waals surface area contributed by atoms with Crippen LogP contribution in [0.3, 0.4) is 0 Å². The summed E-state index contributed by atoms with van der Waals surface area (Å²) in [5.41, 5.74) is 0. The molecule has 0 N–H and O–H groups in total. The minimum absolute atomic E-state index is 0.611. The highest BCUT2D eigenvalue weighted by Gasteiger charge is 2.13. The van der Waals surface area contributed by atoms with Gasteiger partial charge in [0.15, 0.2) is 0 Å². The molecule has 0 radical (unpaired) electrons. The zero-order chi connectivity index (χ0) is 9.00. The van der Waals surface area contributed by atoms with Crippen LogP contribution >= 0.6 is 33.2 Å². The molecular formula is C5H15Cl3Si2. The molecule has 0 fully saturated rings. The Morgan fingerprint density at radius 1 is 0.700 bits per heavy atom. The summed E-state index contributed by atoms with van der Waals surface area (Å²) in [7, 11) is -0.611. The Hall–Kier alpha value is 1.30. The predicted octanol–water partition coefficient (Wildman–Crippen LogP) is 4.23. The molecule has 0 atom stereocenters. The molecule has 0 saturated heterocycles. The van der Waals surface area contributed by atoms with Gasteiger partial charge in [0.05, 0.1) is 0 Å². The lowest BCUT2D eigenvalue weighted by Crippen LogP contribution is -2.10. The summed E-state index contributed by atoms with van der Waals surface area (Å²) < 4.78 is 0. The summed E-state index contributed by atoms with van der Waals surface area (Å²) >= 11 is 15.6. The summed E-state index contributed by atoms with van der Waals surface area (Å²) in [4.78, 5) is 0. The van der Waals surface area contributed by atoms with Crippen LogP contribution in [0, 0.1) is 0 Å². The van der Waals surface area contributed by atoms with Crippen LogP contribution in [0.2, 0.25) is 32.7 Å². The van der Waals surface area contributed by atoms with Gasteiger partial charge in [-0.05, 0) is 6.55 Å². The van der Waals surface area contributed by atoms with Gasteiger partial charge in [0, 0.05) is 8.07 Å². The van der Waals surface area contributed by atoms with Gasteiger partial charge >= 0.3 is 6.00 Å². The molecule has 0 nitrogen and oxygen atoms in total. The predicted molar refractivity (Wildman–Crippen MR) is 58.4 cm³/mol. The zero-order valence-corrected chi connectivity index (χ0v) is 11.4. The van der Waals surface area contributed by atoms with E-state index < -0.39 is 14.1 Å². The average Bonchev–Trinajstić information content (AvgIpc) is 1.12. The second-order valence-electron chi connectivity index (χ2n) is 3.78. The van der Waals surface area contributed by atoms with Crippen molar-refractivity contribution in [2.45, 2.75) is 32.7 Å². The third kappa shape index (κ3) is 377. The van der Waals surface area contributed by atoms with Crippen LogP contribution in [0.5, 0.6) is 0 Å². The standard InChI is InChI=1S/C4H12Si.CH3Cl3Si/c2*1-5(2,3)4/h1-4H3;1H3. The molecule has 0 aliphatic rings. The van der Waals surface area contributed by atoms with E-state index in [0.717, 1.165) is 0 Å². The molecule has 10 heavy (non-hydrogen) atoms. The average molecular weight is 238 g/mol. The quantitative estimate of drug-likeness (QED) is 0.437. The second kappa shape index (κ2) is 5.04. The van der Waals surface area contributed by atoms with Crippen molar-refractivity contribution in [2.75, 3.05) is 0 Å². The molecule has 0 spiro atoms. The third-order valence-electron chi connectivity index (χ3n) is 0. The summed E-state index contributed by atoms with van der Waals surface area (Å²) in [5.74, 6) is 0. The molecule has 64 valence electrons. The van der Waals surface area contributed by atoms with Crippen LogP contribution < -0.4 is 0 Å². The summed E-state index contributed by atoms with van der Waals surface area (Å²) in [6.45, 7) is 10.9. The van der Waals surface area contributed by atoms with Crippen LogP contribution in [-0.2, 0) is 0 Å². The molecule has 0 saturated carbocycles. The van der Waals surface area contributed by atoms with E-state index >= 15 is 0 Å². The first-order chi connectivity index (χ1) is 4.00. The first-order valence-electron chi connectivity index (χ1n) is 3.07. The first kappa shape index (κ1) is 13.9. The van der Waals surface area contributed by atoms with Gasteiger partial charge in [0.1, 0.15) is 0 Å². The van der Waals surface area contributed by atoms with E-state index in [1.807, 2.05) is 0 Å². The fourth-order valence-corrected chi connectivity index (χ4v) is 0. The maximum atomic E-state index is 5.20. The molecule has 0 heterocycles. The Balaban J connectivity index is 0. The highest BCUT2D eigenvalue weighted by Crippen LogP contribution is 2.17. The lowest BCUT2D eigenvalue weighted by molar-refractivity contribution is 1.71. The topological polar surface area (TPSA) is 0 Å². The van der Waals surface area contributed by atoms with Gasteiger partial charge in [0.25, 0.3) is 0 Å². The monoisotopic (exact) mass is 236 g/mol. The van der Waals surface area contributed by atoms with Crippen LogP contribution in [0.4, 0.5) is 0 Å². The molecular weight excluding hydrogens is 223 g/mol. The van der Waals surface area contributed by atoms with Crippen molar-refractivity contribution in [3.8, 4) is 0 Å². The maximum Gasteiger partial charge on any atom is 0.338 e. The molecule has 0 aliphatic carbocycles. The number of hydrogen-bond donors (Lipinski definition) is 0. The Morgan fingerprint density at radius 2 is 0.700 bits per heavy atom. The number of hydrogen-bond acceptors (Lipinski definition) is 0. The lowest BCUT2D eigenvalue weighted by atomic mass is 11.8. The van der Waals surface area contributed by atoms with Crippen molar-refractivity contribution in [3.05, 3.63) is 0 Å². The van der Waals surface area contributed by atoms with Crippen molar-refractivity contribution >= 4 is 47.3 Å². The molecule has 5 heteroatoms. The maximum absolute atomic E-state index is 5.20. The van der Waals surface area contributed by atoms with Crippen LogP contribution in [0.15, 0.2) is 0 Å². The van der Waals surface area contributed by atoms with Gasteiger partial charge in [-0.2, -0.15) is 0 Å². The Morgan fingerprint density at radius 3 is 0.700 bits per heavy atom. The number of rotatable bonds is 0. The van der Waals surface area contributed by atoms with Gasteiger partial charge in [-0.25, -0.2) is 0 Å². The molecule has 0 rings (SSSR count). The van der Waals surface area contributed by atoms with Crippen molar-refractivity contribution in [3.63, 3.8) is 0 Å². The molecule has 0 aromatic rings. The van der Waals surface area contributed by atoms with Crippen LogP contribution in [-0.4, -0.2) is 14.1 Å². The lowest BCUT2D eigenvalue weighted by Gasteiger charge is -2.01. The molecule has 0 unspecified atom stereocenters. The van der Waals surface area contributed by atoms with E-state index in [1.54, 1.807) is 6.55 Å². The van der Waals surface area contributed by atoms with E-state index in [4.69, 9.17) is 33.2 Å². The molecule has 0 amide bonds. The van der Waals surface area contributed by atoms with Crippen LogP contribution in [0.25, 0.3) is 0 Å². The minimum atomic E-state index is -2.19. The fraction of sp³-hybridized carbons (Fsp3) is 1.00. The summed E-state index contributed by atoms with van der Waals surface area (Å²) in [6.07, 6.45) is 0. The van der Waals surface area contributed by atoms with E-state index in [0.29, 0.717) is 0 Å². The summed E-state index contributed by atoms with van der Waals surface area (Å²) in [6, 6.07) is -2.19. The van der Waals surface area contributed by atoms with Gasteiger partial charge < -0.3 is 0 Å². The van der Waals surface area contributed by atoms with E-state index in [9.17, 15) is 0 Å². The smallest absolute Gasteiger partial charge is 0.126 e. The molecule has 0 aromatic carbocycles. The third-order valence-corrected chi connectivity index (χ3v) is 0. The van der Waals surface area contributed by atoms with E-state index in [-0.39, 0.29) is 0 Å². The van der Waals surface area contributed by atoms with Crippen molar-refractivity contribution in [2.24, 2.45) is 0 Å². The first-order valence-corrected chi connectivity index (χ1v) is 12.6. The summed E-state index contributed by atoms with van der Waals surface area (Å²) in [5, 5.41) is 0. The van der Waals surface area contributed by atoms with E-state index in [2.05, 4.69) is 26.2 Å². The molecule has 0 bridgehead atoms. The normalized spacial score (nSPS) is 12.0. The van der Waals surface area contributed by atoms with Gasteiger partial charge in [-0.3, -0.25) is 0 Å². The van der Waals surface area contributed by atoms with Gasteiger partial charge in [-0.1, -0.05) is 26.2 Å². The minimum Gasteiger partial charge on any atom is -0.126 e. The molecule has 0 aromatic heterocycles. The van der Waals surface area contributed by atoms with Crippen molar-refractivity contribution in [1.82, 2.24) is 0 Å².